The topological polar surface area (TPSA) is 69.4 Å². The monoisotopic (exact) mass is 357 g/mol. The Labute approximate surface area is 147 Å². The number of para-hydroxylation sites is 1. The molecule has 0 aliphatic rings. The van der Waals surface area contributed by atoms with E-state index in [1.807, 2.05) is 43.3 Å². The molecule has 0 saturated carbocycles. The molecule has 0 radical (unpaired) electrons. The molecule has 0 aliphatic heterocycles. The first kappa shape index (κ1) is 17.2. The maximum atomic E-state index is 12.5. The van der Waals surface area contributed by atoms with E-state index in [4.69, 9.17) is 9.15 Å². The number of rotatable bonds is 7. The average Bonchev–Trinajstić information content (AvgIpc) is 3.05. The summed E-state index contributed by atoms with van der Waals surface area (Å²) in [6.45, 7) is 2.35. The van der Waals surface area contributed by atoms with Crippen molar-refractivity contribution in [2.75, 3.05) is 6.61 Å². The highest BCUT2D eigenvalue weighted by Gasteiger charge is 2.18. The predicted octanol–water partition coefficient (Wildman–Crippen LogP) is 3.86. The van der Waals surface area contributed by atoms with Gasteiger partial charge in [0.2, 0.25) is 5.89 Å². The van der Waals surface area contributed by atoms with Crippen LogP contribution in [-0.2, 0) is 21.3 Å². The second-order valence-electron chi connectivity index (χ2n) is 5.58. The summed E-state index contributed by atoms with van der Waals surface area (Å²) >= 11 is 0. The molecule has 0 saturated heterocycles. The molecule has 0 amide bonds. The summed E-state index contributed by atoms with van der Waals surface area (Å²) in [4.78, 5) is 4.29. The number of aromatic nitrogens is 1. The molecule has 0 aliphatic carbocycles. The van der Waals surface area contributed by atoms with Crippen LogP contribution in [0, 0.1) is 0 Å². The fourth-order valence-corrected chi connectivity index (χ4v) is 3.92. The number of oxazole rings is 1. The van der Waals surface area contributed by atoms with Crippen molar-refractivity contribution in [3.05, 3.63) is 72.1 Å². The minimum absolute atomic E-state index is 0.100. The maximum Gasteiger partial charge on any atom is 0.226 e. The van der Waals surface area contributed by atoms with Crippen LogP contribution in [0.1, 0.15) is 18.2 Å². The molecule has 0 fully saturated rings. The number of ether oxygens (including phenoxy) is 1. The number of benzene rings is 2. The Balaban J connectivity index is 1.75. The van der Waals surface area contributed by atoms with E-state index in [1.165, 1.54) is 6.26 Å². The summed E-state index contributed by atoms with van der Waals surface area (Å²) in [7, 11) is -3.40. The van der Waals surface area contributed by atoms with Gasteiger partial charge in [0.1, 0.15) is 12.0 Å². The first-order chi connectivity index (χ1) is 12.1. The smallest absolute Gasteiger partial charge is 0.226 e. The molecule has 6 heteroatoms. The summed E-state index contributed by atoms with van der Waals surface area (Å²) in [5, 5.41) is 0. The van der Waals surface area contributed by atoms with E-state index in [0.717, 1.165) is 5.56 Å². The van der Waals surface area contributed by atoms with Gasteiger partial charge in [-0.25, -0.2) is 13.4 Å². The van der Waals surface area contributed by atoms with Crippen LogP contribution in [0.3, 0.4) is 0 Å². The van der Waals surface area contributed by atoms with Crippen molar-refractivity contribution >= 4 is 9.84 Å². The van der Waals surface area contributed by atoms with Gasteiger partial charge in [0.05, 0.1) is 23.8 Å². The van der Waals surface area contributed by atoms with Gasteiger partial charge in [0.25, 0.3) is 0 Å². The van der Waals surface area contributed by atoms with Crippen molar-refractivity contribution < 1.29 is 17.6 Å². The molecule has 2 aromatic carbocycles. The Hall–Kier alpha value is -2.60. The van der Waals surface area contributed by atoms with E-state index in [2.05, 4.69) is 4.98 Å². The highest BCUT2D eigenvalue weighted by Crippen LogP contribution is 2.23. The zero-order valence-electron chi connectivity index (χ0n) is 13.9. The van der Waals surface area contributed by atoms with E-state index >= 15 is 0 Å². The van der Waals surface area contributed by atoms with Gasteiger partial charge >= 0.3 is 0 Å². The molecule has 3 aromatic rings. The molecule has 5 nitrogen and oxygen atoms in total. The van der Waals surface area contributed by atoms with Crippen molar-refractivity contribution in [2.24, 2.45) is 0 Å². The Morgan fingerprint density at radius 2 is 1.72 bits per heavy atom. The second-order valence-corrected chi connectivity index (χ2v) is 7.65. The standard InChI is InChI=1S/C19H19NO4S/c1-2-23-18-11-7-6-10-16(18)13-25(21,22)14-17-12-24-19(20-17)15-8-4-3-5-9-15/h3-12H,2,13-14H2,1H3. The highest BCUT2D eigenvalue weighted by molar-refractivity contribution is 7.89. The first-order valence-corrected chi connectivity index (χ1v) is 9.80. The average molecular weight is 357 g/mol. The van der Waals surface area contributed by atoms with Crippen molar-refractivity contribution in [3.8, 4) is 17.2 Å². The van der Waals surface area contributed by atoms with Gasteiger partial charge < -0.3 is 9.15 Å². The third kappa shape index (κ3) is 4.48. The van der Waals surface area contributed by atoms with E-state index in [9.17, 15) is 8.42 Å². The number of hydrogen-bond acceptors (Lipinski definition) is 5. The molecule has 0 bridgehead atoms. The van der Waals surface area contributed by atoms with Crippen LogP contribution in [0.5, 0.6) is 5.75 Å². The largest absolute Gasteiger partial charge is 0.494 e. The van der Waals surface area contributed by atoms with Crippen molar-refractivity contribution in [3.63, 3.8) is 0 Å². The normalized spacial score (nSPS) is 11.4. The Kier molecular flexibility index (Phi) is 5.19. The lowest BCUT2D eigenvalue weighted by molar-refractivity contribution is 0.337. The molecular weight excluding hydrogens is 338 g/mol. The fourth-order valence-electron chi connectivity index (χ4n) is 2.52. The SMILES string of the molecule is CCOc1ccccc1CS(=O)(=O)Cc1coc(-c2ccccc2)n1. The quantitative estimate of drug-likeness (QED) is 0.642. The summed E-state index contributed by atoms with van der Waals surface area (Å²) in [6, 6.07) is 16.5. The summed E-state index contributed by atoms with van der Waals surface area (Å²) in [5.41, 5.74) is 1.86. The number of sulfone groups is 1. The summed E-state index contributed by atoms with van der Waals surface area (Å²) in [6.07, 6.45) is 1.40. The Bertz CT molecular complexity index is 933. The van der Waals surface area contributed by atoms with Crippen molar-refractivity contribution in [2.45, 2.75) is 18.4 Å². The predicted molar refractivity (Wildman–Crippen MR) is 95.9 cm³/mol. The number of nitrogens with zero attached hydrogens (tertiary/aromatic N) is 1. The van der Waals surface area contributed by atoms with Gasteiger partial charge in [0, 0.05) is 11.1 Å². The van der Waals surface area contributed by atoms with Gasteiger partial charge in [-0.3, -0.25) is 0 Å². The fraction of sp³-hybridized carbons (Fsp3) is 0.211. The molecule has 0 N–H and O–H groups in total. The van der Waals surface area contributed by atoms with Crippen LogP contribution in [0.2, 0.25) is 0 Å². The Morgan fingerprint density at radius 1 is 1.00 bits per heavy atom. The molecule has 0 unspecified atom stereocenters. The van der Waals surface area contributed by atoms with Gasteiger partial charge in [-0.05, 0) is 25.1 Å². The lowest BCUT2D eigenvalue weighted by atomic mass is 10.2. The maximum absolute atomic E-state index is 12.5. The Morgan fingerprint density at radius 3 is 2.48 bits per heavy atom. The van der Waals surface area contributed by atoms with E-state index in [0.29, 0.717) is 29.5 Å². The third-order valence-corrected chi connectivity index (χ3v) is 5.07. The first-order valence-electron chi connectivity index (χ1n) is 7.98. The molecule has 130 valence electrons. The van der Waals surface area contributed by atoms with Gasteiger partial charge in [-0.2, -0.15) is 0 Å². The summed E-state index contributed by atoms with van der Waals surface area (Å²) in [5.74, 6) is 0.736. The molecule has 25 heavy (non-hydrogen) atoms. The molecule has 1 aromatic heterocycles. The lowest BCUT2D eigenvalue weighted by Crippen LogP contribution is -2.09. The van der Waals surface area contributed by atoms with E-state index in [1.54, 1.807) is 18.2 Å². The van der Waals surface area contributed by atoms with Gasteiger partial charge in [0.15, 0.2) is 9.84 Å². The van der Waals surface area contributed by atoms with E-state index < -0.39 is 9.84 Å². The zero-order chi connectivity index (χ0) is 17.7. The second kappa shape index (κ2) is 7.53. The molecule has 0 atom stereocenters. The lowest BCUT2D eigenvalue weighted by Gasteiger charge is -2.09. The van der Waals surface area contributed by atoms with Crippen LogP contribution in [0.15, 0.2) is 65.3 Å². The molecular formula is C19H19NO4S. The van der Waals surface area contributed by atoms with Crippen LogP contribution in [0.25, 0.3) is 11.5 Å². The van der Waals surface area contributed by atoms with Crippen LogP contribution < -0.4 is 4.74 Å². The van der Waals surface area contributed by atoms with Crippen LogP contribution in [0.4, 0.5) is 0 Å². The highest BCUT2D eigenvalue weighted by atomic mass is 32.2. The number of hydrogen-bond donors (Lipinski definition) is 0. The van der Waals surface area contributed by atoms with Crippen LogP contribution in [-0.4, -0.2) is 20.0 Å². The molecule has 3 rings (SSSR count). The molecule has 1 heterocycles. The van der Waals surface area contributed by atoms with Crippen molar-refractivity contribution in [1.29, 1.82) is 0 Å². The van der Waals surface area contributed by atoms with Crippen LogP contribution >= 0.6 is 0 Å². The minimum atomic E-state index is -3.40. The minimum Gasteiger partial charge on any atom is -0.494 e. The van der Waals surface area contributed by atoms with Gasteiger partial charge in [-0.1, -0.05) is 36.4 Å². The molecule has 0 spiro atoms. The zero-order valence-corrected chi connectivity index (χ0v) is 14.7. The summed E-state index contributed by atoms with van der Waals surface area (Å²) < 4.78 is 36.0. The van der Waals surface area contributed by atoms with Crippen molar-refractivity contribution in [1.82, 2.24) is 4.98 Å². The third-order valence-electron chi connectivity index (χ3n) is 3.59. The van der Waals surface area contributed by atoms with Gasteiger partial charge in [-0.15, -0.1) is 0 Å². The van der Waals surface area contributed by atoms with E-state index in [-0.39, 0.29) is 11.5 Å².